The number of aryl methyl sites for hydroxylation is 1. The van der Waals surface area contributed by atoms with E-state index in [0.717, 1.165) is 10.8 Å². The SMILES string of the molecule is Cc1nc(N(C)C)sc1C(=O)OC(C)(C)C. The summed E-state index contributed by atoms with van der Waals surface area (Å²) in [6.45, 7) is 7.39. The van der Waals surface area contributed by atoms with E-state index in [1.807, 2.05) is 46.7 Å². The van der Waals surface area contributed by atoms with E-state index in [-0.39, 0.29) is 5.97 Å². The molecule has 1 aromatic heterocycles. The standard InChI is InChI=1S/C11H18N2O2S/c1-7-8(9(14)15-11(2,3)4)16-10(12-7)13(5)6/h1-6H3. The molecule has 16 heavy (non-hydrogen) atoms. The van der Waals surface area contributed by atoms with Crippen molar-refractivity contribution < 1.29 is 9.53 Å². The first kappa shape index (κ1) is 13.0. The van der Waals surface area contributed by atoms with Crippen LogP contribution in [0.2, 0.25) is 0 Å². The van der Waals surface area contributed by atoms with Gasteiger partial charge in [-0.15, -0.1) is 0 Å². The highest BCUT2D eigenvalue weighted by Crippen LogP contribution is 2.26. The topological polar surface area (TPSA) is 42.4 Å². The molecule has 0 aliphatic heterocycles. The summed E-state index contributed by atoms with van der Waals surface area (Å²) in [7, 11) is 3.80. The first-order valence-electron chi connectivity index (χ1n) is 5.09. The lowest BCUT2D eigenvalue weighted by Crippen LogP contribution is -2.23. The van der Waals surface area contributed by atoms with Crippen molar-refractivity contribution in [3.05, 3.63) is 10.6 Å². The minimum Gasteiger partial charge on any atom is -0.456 e. The largest absolute Gasteiger partial charge is 0.456 e. The Morgan fingerprint density at radius 1 is 1.38 bits per heavy atom. The summed E-state index contributed by atoms with van der Waals surface area (Å²) in [5.74, 6) is -0.296. The highest BCUT2D eigenvalue weighted by Gasteiger charge is 2.22. The zero-order valence-electron chi connectivity index (χ0n) is 10.6. The van der Waals surface area contributed by atoms with Crippen LogP contribution in [0.4, 0.5) is 5.13 Å². The van der Waals surface area contributed by atoms with E-state index in [0.29, 0.717) is 4.88 Å². The fourth-order valence-electron chi connectivity index (χ4n) is 1.09. The Bertz CT molecular complexity index is 391. The molecule has 5 heteroatoms. The zero-order valence-corrected chi connectivity index (χ0v) is 11.4. The number of rotatable bonds is 2. The van der Waals surface area contributed by atoms with Gasteiger partial charge in [0.15, 0.2) is 5.13 Å². The maximum Gasteiger partial charge on any atom is 0.350 e. The summed E-state index contributed by atoms with van der Waals surface area (Å²) < 4.78 is 5.31. The molecular formula is C11H18N2O2S. The molecule has 0 N–H and O–H groups in total. The number of anilines is 1. The molecule has 4 nitrogen and oxygen atoms in total. The highest BCUT2D eigenvalue weighted by molar-refractivity contribution is 7.17. The molecule has 90 valence electrons. The predicted molar refractivity (Wildman–Crippen MR) is 66.3 cm³/mol. The molecule has 0 spiro atoms. The summed E-state index contributed by atoms with van der Waals surface area (Å²) in [4.78, 5) is 18.6. The van der Waals surface area contributed by atoms with Crippen LogP contribution in [-0.4, -0.2) is 30.6 Å². The minimum atomic E-state index is -0.466. The van der Waals surface area contributed by atoms with Crippen molar-refractivity contribution in [3.8, 4) is 0 Å². The van der Waals surface area contributed by atoms with Crippen LogP contribution in [0.3, 0.4) is 0 Å². The molecular weight excluding hydrogens is 224 g/mol. The van der Waals surface area contributed by atoms with Crippen LogP contribution in [0.5, 0.6) is 0 Å². The molecule has 0 aliphatic carbocycles. The lowest BCUT2D eigenvalue weighted by molar-refractivity contribution is 0.00742. The van der Waals surface area contributed by atoms with E-state index in [1.54, 1.807) is 0 Å². The second kappa shape index (κ2) is 4.41. The maximum atomic E-state index is 11.8. The van der Waals surface area contributed by atoms with Crippen LogP contribution in [-0.2, 0) is 4.74 Å². The predicted octanol–water partition coefficient (Wildman–Crippen LogP) is 2.47. The van der Waals surface area contributed by atoms with Crippen molar-refractivity contribution in [2.24, 2.45) is 0 Å². The van der Waals surface area contributed by atoms with Gasteiger partial charge in [-0.1, -0.05) is 11.3 Å². The molecule has 1 heterocycles. The van der Waals surface area contributed by atoms with Crippen molar-refractivity contribution in [3.63, 3.8) is 0 Å². The van der Waals surface area contributed by atoms with Gasteiger partial charge in [-0.25, -0.2) is 9.78 Å². The summed E-state index contributed by atoms with van der Waals surface area (Å²) in [6.07, 6.45) is 0. The fourth-order valence-corrected chi connectivity index (χ4v) is 1.95. The van der Waals surface area contributed by atoms with Crippen molar-refractivity contribution >= 4 is 22.4 Å². The van der Waals surface area contributed by atoms with Crippen LogP contribution >= 0.6 is 11.3 Å². The normalized spacial score (nSPS) is 11.4. The molecule has 0 saturated heterocycles. The van der Waals surface area contributed by atoms with Gasteiger partial charge in [-0.05, 0) is 27.7 Å². The number of thiazole rings is 1. The molecule has 0 fully saturated rings. The van der Waals surface area contributed by atoms with Crippen LogP contribution in [0.1, 0.15) is 36.1 Å². The summed E-state index contributed by atoms with van der Waals surface area (Å²) in [6, 6.07) is 0. The third-order valence-corrected chi connectivity index (χ3v) is 3.06. The van der Waals surface area contributed by atoms with E-state index < -0.39 is 5.60 Å². The van der Waals surface area contributed by atoms with Gasteiger partial charge in [0.1, 0.15) is 10.5 Å². The molecule has 0 atom stereocenters. The number of esters is 1. The van der Waals surface area contributed by atoms with Crippen LogP contribution in [0.25, 0.3) is 0 Å². The monoisotopic (exact) mass is 242 g/mol. The molecule has 0 radical (unpaired) electrons. The number of aromatic nitrogens is 1. The molecule has 0 saturated carbocycles. The quantitative estimate of drug-likeness (QED) is 0.747. The average Bonchev–Trinajstić information content (AvgIpc) is 2.44. The van der Waals surface area contributed by atoms with E-state index in [1.165, 1.54) is 11.3 Å². The van der Waals surface area contributed by atoms with Gasteiger partial charge in [-0.2, -0.15) is 0 Å². The number of carbonyl (C=O) groups is 1. The van der Waals surface area contributed by atoms with E-state index in [4.69, 9.17) is 4.74 Å². The van der Waals surface area contributed by atoms with E-state index in [2.05, 4.69) is 4.98 Å². The van der Waals surface area contributed by atoms with Crippen molar-refractivity contribution in [1.82, 2.24) is 4.98 Å². The third kappa shape index (κ3) is 3.20. The third-order valence-electron chi connectivity index (χ3n) is 1.75. The summed E-state index contributed by atoms with van der Waals surface area (Å²) in [5.41, 5.74) is 0.258. The van der Waals surface area contributed by atoms with Gasteiger partial charge in [0, 0.05) is 14.1 Å². The lowest BCUT2D eigenvalue weighted by Gasteiger charge is -2.18. The fraction of sp³-hybridized carbons (Fsp3) is 0.636. The Morgan fingerprint density at radius 3 is 2.31 bits per heavy atom. The molecule has 0 aliphatic rings. The molecule has 0 unspecified atom stereocenters. The Labute approximate surface area is 100 Å². The molecule has 0 bridgehead atoms. The lowest BCUT2D eigenvalue weighted by atomic mass is 10.2. The highest BCUT2D eigenvalue weighted by atomic mass is 32.1. The molecule has 1 rings (SSSR count). The first-order valence-corrected chi connectivity index (χ1v) is 5.90. The van der Waals surface area contributed by atoms with Gasteiger partial charge in [0.05, 0.1) is 5.69 Å². The second-order valence-corrected chi connectivity index (χ2v) is 5.78. The van der Waals surface area contributed by atoms with Gasteiger partial charge >= 0.3 is 5.97 Å². The minimum absolute atomic E-state index is 0.296. The molecule has 0 aromatic carbocycles. The van der Waals surface area contributed by atoms with Crippen LogP contribution in [0, 0.1) is 6.92 Å². The number of hydrogen-bond acceptors (Lipinski definition) is 5. The van der Waals surface area contributed by atoms with Crippen LogP contribution < -0.4 is 4.90 Å². The summed E-state index contributed by atoms with van der Waals surface area (Å²) in [5, 5.41) is 0.818. The number of carbonyl (C=O) groups excluding carboxylic acids is 1. The number of nitrogens with zero attached hydrogens (tertiary/aromatic N) is 2. The Hall–Kier alpha value is -1.10. The van der Waals surface area contributed by atoms with Crippen molar-refractivity contribution in [2.45, 2.75) is 33.3 Å². The number of ether oxygens (including phenoxy) is 1. The first-order chi connectivity index (χ1) is 7.20. The maximum absolute atomic E-state index is 11.8. The Balaban J connectivity index is 2.92. The van der Waals surface area contributed by atoms with Crippen molar-refractivity contribution in [2.75, 3.05) is 19.0 Å². The van der Waals surface area contributed by atoms with Gasteiger partial charge in [-0.3, -0.25) is 0 Å². The number of hydrogen-bond donors (Lipinski definition) is 0. The zero-order chi connectivity index (χ0) is 12.5. The smallest absolute Gasteiger partial charge is 0.350 e. The Morgan fingerprint density at radius 2 is 1.94 bits per heavy atom. The van der Waals surface area contributed by atoms with E-state index >= 15 is 0 Å². The van der Waals surface area contributed by atoms with Gasteiger partial charge in [0.2, 0.25) is 0 Å². The molecule has 1 aromatic rings. The van der Waals surface area contributed by atoms with Gasteiger partial charge < -0.3 is 9.64 Å². The second-order valence-electron chi connectivity index (χ2n) is 4.81. The van der Waals surface area contributed by atoms with Crippen molar-refractivity contribution in [1.29, 1.82) is 0 Å². The summed E-state index contributed by atoms with van der Waals surface area (Å²) >= 11 is 1.36. The Kier molecular flexibility index (Phi) is 3.57. The average molecular weight is 242 g/mol. The van der Waals surface area contributed by atoms with E-state index in [9.17, 15) is 4.79 Å². The van der Waals surface area contributed by atoms with Gasteiger partial charge in [0.25, 0.3) is 0 Å². The van der Waals surface area contributed by atoms with Crippen LogP contribution in [0.15, 0.2) is 0 Å². The molecule has 0 amide bonds.